The average Bonchev–Trinajstić information content (AvgIpc) is 2.84. The number of benzene rings is 1. The highest BCUT2D eigenvalue weighted by Gasteiger charge is 2.25. The summed E-state index contributed by atoms with van der Waals surface area (Å²) in [5.74, 6) is 0.656. The molecule has 1 aliphatic heterocycles. The molecule has 7 heteroatoms. The summed E-state index contributed by atoms with van der Waals surface area (Å²) in [7, 11) is -1.47. The van der Waals surface area contributed by atoms with Crippen molar-refractivity contribution < 1.29 is 13.2 Å². The van der Waals surface area contributed by atoms with Crippen molar-refractivity contribution in [2.75, 3.05) is 33.3 Å². The Morgan fingerprint density at radius 3 is 2.67 bits per heavy atom. The Bertz CT molecular complexity index is 545. The normalized spacial score (nSPS) is 19.8. The standard InChI is InChI=1S/C14H23N3O3S/c1-17-9-7-12(11-17)16-21(18,19)14-5-3-13(4-6-14)20-10-2-8-15/h3-6,12,16H,2,7-11,15H2,1H3. The molecule has 1 atom stereocenters. The van der Waals surface area contributed by atoms with E-state index in [2.05, 4.69) is 9.62 Å². The van der Waals surface area contributed by atoms with Gasteiger partial charge in [-0.1, -0.05) is 0 Å². The monoisotopic (exact) mass is 313 g/mol. The van der Waals surface area contributed by atoms with Crippen molar-refractivity contribution in [3.05, 3.63) is 24.3 Å². The first-order valence-corrected chi connectivity index (χ1v) is 8.63. The third-order valence-electron chi connectivity index (χ3n) is 3.46. The van der Waals surface area contributed by atoms with E-state index >= 15 is 0 Å². The van der Waals surface area contributed by atoms with Crippen LogP contribution in [0.5, 0.6) is 5.75 Å². The van der Waals surface area contributed by atoms with Crippen molar-refractivity contribution >= 4 is 10.0 Å². The molecule has 1 heterocycles. The second-order valence-corrected chi connectivity index (χ2v) is 7.05. The van der Waals surface area contributed by atoms with Crippen LogP contribution in [-0.4, -0.2) is 52.6 Å². The molecule has 0 amide bonds. The Balaban J connectivity index is 1.96. The molecule has 3 N–H and O–H groups in total. The second-order valence-electron chi connectivity index (χ2n) is 5.33. The van der Waals surface area contributed by atoms with E-state index in [4.69, 9.17) is 10.5 Å². The minimum Gasteiger partial charge on any atom is -0.494 e. The molecule has 1 fully saturated rings. The molecule has 1 aliphatic rings. The van der Waals surface area contributed by atoms with Crippen LogP contribution in [0.15, 0.2) is 29.2 Å². The van der Waals surface area contributed by atoms with Crippen molar-refractivity contribution in [2.45, 2.75) is 23.8 Å². The molecule has 118 valence electrons. The van der Waals surface area contributed by atoms with Crippen LogP contribution in [0.2, 0.25) is 0 Å². The van der Waals surface area contributed by atoms with E-state index in [0.29, 0.717) is 18.9 Å². The molecule has 0 saturated carbocycles. The van der Waals surface area contributed by atoms with Crippen LogP contribution in [0, 0.1) is 0 Å². The molecule has 6 nitrogen and oxygen atoms in total. The summed E-state index contributed by atoms with van der Waals surface area (Å²) in [5.41, 5.74) is 5.39. The van der Waals surface area contributed by atoms with E-state index in [9.17, 15) is 8.42 Å². The van der Waals surface area contributed by atoms with Crippen molar-refractivity contribution in [3.63, 3.8) is 0 Å². The fourth-order valence-electron chi connectivity index (χ4n) is 2.31. The summed E-state index contributed by atoms with van der Waals surface area (Å²) in [6, 6.07) is 6.47. The fourth-order valence-corrected chi connectivity index (χ4v) is 3.57. The van der Waals surface area contributed by atoms with Gasteiger partial charge in [0.2, 0.25) is 10.0 Å². The molecular formula is C14H23N3O3S. The van der Waals surface area contributed by atoms with E-state index in [1.165, 1.54) is 0 Å². The van der Waals surface area contributed by atoms with Crippen LogP contribution in [0.4, 0.5) is 0 Å². The number of nitrogens with one attached hydrogen (secondary N) is 1. The fraction of sp³-hybridized carbons (Fsp3) is 0.571. The molecule has 1 unspecified atom stereocenters. The molecule has 0 aliphatic carbocycles. The van der Waals surface area contributed by atoms with Gasteiger partial charge in [0.05, 0.1) is 11.5 Å². The Labute approximate surface area is 126 Å². The van der Waals surface area contributed by atoms with Gasteiger partial charge in [-0.15, -0.1) is 0 Å². The highest BCUT2D eigenvalue weighted by Crippen LogP contribution is 2.17. The molecule has 21 heavy (non-hydrogen) atoms. The Kier molecular flexibility index (Phi) is 5.58. The number of nitrogens with two attached hydrogens (primary N) is 1. The first-order chi connectivity index (χ1) is 10.0. The van der Waals surface area contributed by atoms with Crippen LogP contribution >= 0.6 is 0 Å². The highest BCUT2D eigenvalue weighted by molar-refractivity contribution is 7.89. The van der Waals surface area contributed by atoms with E-state index < -0.39 is 10.0 Å². The van der Waals surface area contributed by atoms with Crippen molar-refractivity contribution in [1.82, 2.24) is 9.62 Å². The largest absolute Gasteiger partial charge is 0.494 e. The van der Waals surface area contributed by atoms with Gasteiger partial charge in [-0.3, -0.25) is 0 Å². The molecule has 0 aromatic heterocycles. The van der Waals surface area contributed by atoms with Gasteiger partial charge < -0.3 is 15.4 Å². The minimum atomic E-state index is -3.46. The third-order valence-corrected chi connectivity index (χ3v) is 5.00. The number of nitrogens with zero attached hydrogens (tertiary/aromatic N) is 1. The first kappa shape index (κ1) is 16.2. The summed E-state index contributed by atoms with van der Waals surface area (Å²) >= 11 is 0. The molecule has 0 bridgehead atoms. The van der Waals surface area contributed by atoms with Gasteiger partial charge in [-0.2, -0.15) is 0 Å². The number of likely N-dealkylation sites (N-methyl/N-ethyl adjacent to an activating group) is 1. The Morgan fingerprint density at radius 2 is 2.10 bits per heavy atom. The third kappa shape index (κ3) is 4.67. The van der Waals surface area contributed by atoms with Gasteiger partial charge in [-0.05, 0) is 57.2 Å². The summed E-state index contributed by atoms with van der Waals surface area (Å²) < 4.78 is 32.8. The Morgan fingerprint density at radius 1 is 1.38 bits per heavy atom. The lowest BCUT2D eigenvalue weighted by atomic mass is 10.3. The van der Waals surface area contributed by atoms with Crippen LogP contribution in [0.3, 0.4) is 0 Å². The number of hydrogen-bond acceptors (Lipinski definition) is 5. The maximum atomic E-state index is 12.3. The summed E-state index contributed by atoms with van der Waals surface area (Å²) in [6.45, 7) is 2.78. The zero-order chi connectivity index (χ0) is 15.3. The highest BCUT2D eigenvalue weighted by atomic mass is 32.2. The lowest BCUT2D eigenvalue weighted by Gasteiger charge is -2.13. The molecular weight excluding hydrogens is 290 g/mol. The SMILES string of the molecule is CN1CCC(NS(=O)(=O)c2ccc(OCCCN)cc2)C1. The summed E-state index contributed by atoms with van der Waals surface area (Å²) in [6.07, 6.45) is 1.62. The molecule has 0 spiro atoms. The van der Waals surface area contributed by atoms with Crippen LogP contribution < -0.4 is 15.2 Å². The number of hydrogen-bond donors (Lipinski definition) is 2. The van der Waals surface area contributed by atoms with Gasteiger partial charge >= 0.3 is 0 Å². The number of sulfonamides is 1. The Hall–Kier alpha value is -1.15. The zero-order valence-corrected chi connectivity index (χ0v) is 13.1. The predicted octanol–water partition coefficient (Wildman–Crippen LogP) is 0.397. The van der Waals surface area contributed by atoms with Gasteiger partial charge in [0.1, 0.15) is 5.75 Å². The average molecular weight is 313 g/mol. The van der Waals surface area contributed by atoms with E-state index in [0.717, 1.165) is 25.9 Å². The molecule has 2 rings (SSSR count). The molecule has 1 aromatic carbocycles. The van der Waals surface area contributed by atoms with Crippen molar-refractivity contribution in [2.24, 2.45) is 5.73 Å². The van der Waals surface area contributed by atoms with E-state index in [1.807, 2.05) is 7.05 Å². The molecule has 1 aromatic rings. The van der Waals surface area contributed by atoms with E-state index in [1.54, 1.807) is 24.3 Å². The van der Waals surface area contributed by atoms with Crippen LogP contribution in [-0.2, 0) is 10.0 Å². The maximum absolute atomic E-state index is 12.3. The van der Waals surface area contributed by atoms with Crippen molar-refractivity contribution in [1.29, 1.82) is 0 Å². The second kappa shape index (κ2) is 7.22. The molecule has 1 saturated heterocycles. The van der Waals surface area contributed by atoms with Gasteiger partial charge in [-0.25, -0.2) is 13.1 Å². The predicted molar refractivity (Wildman–Crippen MR) is 81.8 cm³/mol. The van der Waals surface area contributed by atoms with Crippen LogP contribution in [0.1, 0.15) is 12.8 Å². The van der Waals surface area contributed by atoms with Crippen molar-refractivity contribution in [3.8, 4) is 5.75 Å². The lowest BCUT2D eigenvalue weighted by Crippen LogP contribution is -2.36. The smallest absolute Gasteiger partial charge is 0.240 e. The quantitative estimate of drug-likeness (QED) is 0.712. The minimum absolute atomic E-state index is 0.0134. The van der Waals surface area contributed by atoms with Gasteiger partial charge in [0.25, 0.3) is 0 Å². The number of likely N-dealkylation sites (tertiary alicyclic amines) is 1. The maximum Gasteiger partial charge on any atom is 0.240 e. The first-order valence-electron chi connectivity index (χ1n) is 7.15. The molecule has 0 radical (unpaired) electrons. The van der Waals surface area contributed by atoms with E-state index in [-0.39, 0.29) is 10.9 Å². The summed E-state index contributed by atoms with van der Waals surface area (Å²) in [4.78, 5) is 2.38. The van der Waals surface area contributed by atoms with Crippen LogP contribution in [0.25, 0.3) is 0 Å². The topological polar surface area (TPSA) is 84.7 Å². The lowest BCUT2D eigenvalue weighted by molar-refractivity contribution is 0.313. The zero-order valence-electron chi connectivity index (χ0n) is 12.3. The number of ether oxygens (including phenoxy) is 1. The number of rotatable bonds is 7. The summed E-state index contributed by atoms with van der Waals surface area (Å²) in [5, 5.41) is 0. The van der Waals surface area contributed by atoms with Gasteiger partial charge in [0.15, 0.2) is 0 Å². The van der Waals surface area contributed by atoms with Gasteiger partial charge in [0, 0.05) is 12.6 Å².